The normalized spacial score (nSPS) is 10.3. The highest BCUT2D eigenvalue weighted by molar-refractivity contribution is 6.03. The molecule has 1 amide bonds. The lowest BCUT2D eigenvalue weighted by Crippen LogP contribution is -2.15. The minimum atomic E-state index is -0.211. The first-order valence-electron chi connectivity index (χ1n) is 8.25. The van der Waals surface area contributed by atoms with Gasteiger partial charge in [-0.15, -0.1) is 0 Å². The van der Waals surface area contributed by atoms with Crippen LogP contribution >= 0.6 is 0 Å². The van der Waals surface area contributed by atoms with Crippen molar-refractivity contribution in [2.75, 3.05) is 10.6 Å². The van der Waals surface area contributed by atoms with Gasteiger partial charge in [-0.1, -0.05) is 42.5 Å². The average Bonchev–Trinajstić information content (AvgIpc) is 2.65. The van der Waals surface area contributed by atoms with Crippen LogP contribution in [0.2, 0.25) is 0 Å². The van der Waals surface area contributed by atoms with Crippen molar-refractivity contribution < 1.29 is 4.79 Å². The lowest BCUT2D eigenvalue weighted by atomic mass is 10.1. The predicted molar refractivity (Wildman–Crippen MR) is 102 cm³/mol. The zero-order valence-corrected chi connectivity index (χ0v) is 14.4. The highest BCUT2D eigenvalue weighted by Gasteiger charge is 2.10. The van der Waals surface area contributed by atoms with E-state index in [2.05, 4.69) is 27.8 Å². The number of hydrogen-bond acceptors (Lipinski definition) is 3. The smallest absolute Gasteiger partial charge is 0.274 e. The zero-order valence-electron chi connectivity index (χ0n) is 14.4. The number of carbonyl (C=O) groups is 1. The number of hydrogen-bond donors (Lipinski definition) is 2. The SMILES string of the molecule is Cc1cccc(NC(=O)c2cc(NCc3ccccc3)ccn2)c1C. The van der Waals surface area contributed by atoms with Gasteiger partial charge in [-0.25, -0.2) is 0 Å². The number of carbonyl (C=O) groups excluding carboxylic acids is 1. The van der Waals surface area contributed by atoms with Gasteiger partial charge in [-0.05, 0) is 48.7 Å². The van der Waals surface area contributed by atoms with E-state index < -0.39 is 0 Å². The topological polar surface area (TPSA) is 54.0 Å². The molecular formula is C21H21N3O. The molecule has 0 radical (unpaired) electrons. The summed E-state index contributed by atoms with van der Waals surface area (Å²) in [5.74, 6) is -0.211. The van der Waals surface area contributed by atoms with E-state index in [1.807, 2.05) is 56.3 Å². The second-order valence-electron chi connectivity index (χ2n) is 5.97. The molecule has 0 saturated carbocycles. The van der Waals surface area contributed by atoms with Crippen LogP contribution in [0.3, 0.4) is 0 Å². The molecule has 0 aliphatic rings. The summed E-state index contributed by atoms with van der Waals surface area (Å²) in [5, 5.41) is 6.26. The first-order chi connectivity index (χ1) is 12.1. The lowest BCUT2D eigenvalue weighted by Gasteiger charge is -2.11. The molecule has 25 heavy (non-hydrogen) atoms. The molecule has 1 aromatic heterocycles. The number of pyridine rings is 1. The first-order valence-corrected chi connectivity index (χ1v) is 8.25. The van der Waals surface area contributed by atoms with Gasteiger partial charge in [0.05, 0.1) is 0 Å². The van der Waals surface area contributed by atoms with Gasteiger partial charge in [0, 0.05) is 24.1 Å². The van der Waals surface area contributed by atoms with Crippen LogP contribution in [0.4, 0.5) is 11.4 Å². The van der Waals surface area contributed by atoms with E-state index in [-0.39, 0.29) is 5.91 Å². The van der Waals surface area contributed by atoms with Crippen LogP contribution in [0.15, 0.2) is 66.9 Å². The number of aryl methyl sites for hydroxylation is 1. The Bertz CT molecular complexity index is 875. The van der Waals surface area contributed by atoms with Gasteiger partial charge in [0.2, 0.25) is 0 Å². The zero-order chi connectivity index (χ0) is 17.6. The van der Waals surface area contributed by atoms with Crippen LogP contribution in [0.1, 0.15) is 27.2 Å². The van der Waals surface area contributed by atoms with Crippen molar-refractivity contribution >= 4 is 17.3 Å². The van der Waals surface area contributed by atoms with E-state index in [1.165, 1.54) is 5.56 Å². The Morgan fingerprint density at radius 3 is 2.60 bits per heavy atom. The summed E-state index contributed by atoms with van der Waals surface area (Å²) in [6.45, 7) is 4.72. The Morgan fingerprint density at radius 1 is 1.00 bits per heavy atom. The molecule has 4 heteroatoms. The molecule has 4 nitrogen and oxygen atoms in total. The molecule has 0 saturated heterocycles. The fourth-order valence-electron chi connectivity index (χ4n) is 2.54. The van der Waals surface area contributed by atoms with E-state index >= 15 is 0 Å². The Morgan fingerprint density at radius 2 is 1.80 bits per heavy atom. The van der Waals surface area contributed by atoms with E-state index in [9.17, 15) is 4.79 Å². The third kappa shape index (κ3) is 4.23. The molecule has 0 atom stereocenters. The maximum absolute atomic E-state index is 12.5. The van der Waals surface area contributed by atoms with Gasteiger partial charge in [0.1, 0.15) is 5.69 Å². The Labute approximate surface area is 147 Å². The van der Waals surface area contributed by atoms with E-state index in [0.29, 0.717) is 12.2 Å². The second-order valence-corrected chi connectivity index (χ2v) is 5.97. The summed E-state index contributed by atoms with van der Waals surface area (Å²) >= 11 is 0. The van der Waals surface area contributed by atoms with Gasteiger partial charge in [0.15, 0.2) is 0 Å². The van der Waals surface area contributed by atoms with Gasteiger partial charge in [-0.3, -0.25) is 9.78 Å². The summed E-state index contributed by atoms with van der Waals surface area (Å²) in [6, 6.07) is 19.6. The molecule has 0 aliphatic heterocycles. The molecule has 1 heterocycles. The number of nitrogens with one attached hydrogen (secondary N) is 2. The Hall–Kier alpha value is -3.14. The molecule has 3 rings (SSSR count). The summed E-state index contributed by atoms with van der Waals surface area (Å²) in [7, 11) is 0. The van der Waals surface area contributed by atoms with E-state index in [0.717, 1.165) is 22.5 Å². The first kappa shape index (κ1) is 16.7. The van der Waals surface area contributed by atoms with Gasteiger partial charge >= 0.3 is 0 Å². The third-order valence-corrected chi connectivity index (χ3v) is 4.18. The molecule has 0 fully saturated rings. The van der Waals surface area contributed by atoms with Crippen LogP contribution in [-0.2, 0) is 6.54 Å². The largest absolute Gasteiger partial charge is 0.381 e. The van der Waals surface area contributed by atoms with Crippen LogP contribution in [0.25, 0.3) is 0 Å². The van der Waals surface area contributed by atoms with Crippen molar-refractivity contribution in [3.05, 3.63) is 89.2 Å². The van der Waals surface area contributed by atoms with Crippen molar-refractivity contribution in [2.45, 2.75) is 20.4 Å². The molecule has 2 aromatic carbocycles. The van der Waals surface area contributed by atoms with Crippen molar-refractivity contribution in [3.63, 3.8) is 0 Å². The highest BCUT2D eigenvalue weighted by atomic mass is 16.1. The number of amides is 1. The number of aromatic nitrogens is 1. The quantitative estimate of drug-likeness (QED) is 0.720. The fraction of sp³-hybridized carbons (Fsp3) is 0.143. The number of nitrogens with zero attached hydrogens (tertiary/aromatic N) is 1. The monoisotopic (exact) mass is 331 g/mol. The molecule has 0 aliphatic carbocycles. The van der Waals surface area contributed by atoms with Crippen molar-refractivity contribution in [2.24, 2.45) is 0 Å². The van der Waals surface area contributed by atoms with Crippen molar-refractivity contribution in [1.82, 2.24) is 4.98 Å². The van der Waals surface area contributed by atoms with Crippen LogP contribution < -0.4 is 10.6 Å². The maximum Gasteiger partial charge on any atom is 0.274 e. The van der Waals surface area contributed by atoms with Crippen LogP contribution in [-0.4, -0.2) is 10.9 Å². The minimum Gasteiger partial charge on any atom is -0.381 e. The molecular weight excluding hydrogens is 310 g/mol. The molecule has 0 unspecified atom stereocenters. The molecule has 0 spiro atoms. The average molecular weight is 331 g/mol. The maximum atomic E-state index is 12.5. The molecule has 2 N–H and O–H groups in total. The molecule has 3 aromatic rings. The molecule has 126 valence electrons. The van der Waals surface area contributed by atoms with E-state index in [1.54, 1.807) is 12.3 Å². The number of rotatable bonds is 5. The fourth-order valence-corrected chi connectivity index (χ4v) is 2.54. The predicted octanol–water partition coefficient (Wildman–Crippen LogP) is 4.56. The number of anilines is 2. The molecule has 0 bridgehead atoms. The van der Waals surface area contributed by atoms with Crippen LogP contribution in [0, 0.1) is 13.8 Å². The van der Waals surface area contributed by atoms with Crippen molar-refractivity contribution in [3.8, 4) is 0 Å². The Balaban J connectivity index is 1.70. The third-order valence-electron chi connectivity index (χ3n) is 4.18. The summed E-state index contributed by atoms with van der Waals surface area (Å²) in [5.41, 5.74) is 5.46. The van der Waals surface area contributed by atoms with Gasteiger partial charge in [0.25, 0.3) is 5.91 Å². The lowest BCUT2D eigenvalue weighted by molar-refractivity contribution is 0.102. The van der Waals surface area contributed by atoms with Gasteiger partial charge in [-0.2, -0.15) is 0 Å². The standard InChI is InChI=1S/C21H21N3O/c1-15-7-6-10-19(16(15)2)24-21(25)20-13-18(11-12-22-20)23-14-17-8-4-3-5-9-17/h3-13H,14H2,1-2H3,(H,22,23)(H,24,25). The minimum absolute atomic E-state index is 0.211. The van der Waals surface area contributed by atoms with E-state index in [4.69, 9.17) is 0 Å². The summed E-state index contributed by atoms with van der Waals surface area (Å²) in [4.78, 5) is 16.7. The van der Waals surface area contributed by atoms with Gasteiger partial charge < -0.3 is 10.6 Å². The summed E-state index contributed by atoms with van der Waals surface area (Å²) in [6.07, 6.45) is 1.64. The second kappa shape index (κ2) is 7.62. The summed E-state index contributed by atoms with van der Waals surface area (Å²) < 4.78 is 0. The highest BCUT2D eigenvalue weighted by Crippen LogP contribution is 2.19. The van der Waals surface area contributed by atoms with Crippen molar-refractivity contribution in [1.29, 1.82) is 0 Å². The Kier molecular flexibility index (Phi) is 5.09. The van der Waals surface area contributed by atoms with Crippen LogP contribution in [0.5, 0.6) is 0 Å². The number of benzene rings is 2.